The van der Waals surface area contributed by atoms with Crippen LogP contribution in [0.4, 0.5) is 5.82 Å². The first kappa shape index (κ1) is 14.3. The van der Waals surface area contributed by atoms with Crippen LogP contribution in [0.15, 0.2) is 18.3 Å². The summed E-state index contributed by atoms with van der Waals surface area (Å²) in [6.45, 7) is 6.77. The van der Waals surface area contributed by atoms with Crippen LogP contribution >= 0.6 is 0 Å². The van der Waals surface area contributed by atoms with Gasteiger partial charge in [-0.25, -0.2) is 4.98 Å². The van der Waals surface area contributed by atoms with Crippen molar-refractivity contribution in [2.75, 3.05) is 38.0 Å². The molecular formula is C16H24N4O. The quantitative estimate of drug-likeness (QED) is 0.922. The lowest BCUT2D eigenvalue weighted by Crippen LogP contribution is -2.56. The second-order valence-corrected chi connectivity index (χ2v) is 5.90. The SMILES string of the molecule is CCNc1cc(C(=O)N2CCN3CCCCC3C2)ccn1. The Bertz CT molecular complexity index is 505. The van der Waals surface area contributed by atoms with Crippen molar-refractivity contribution in [3.05, 3.63) is 23.9 Å². The van der Waals surface area contributed by atoms with Crippen LogP contribution in [0.2, 0.25) is 0 Å². The van der Waals surface area contributed by atoms with Gasteiger partial charge in [-0.1, -0.05) is 6.42 Å². The van der Waals surface area contributed by atoms with Gasteiger partial charge in [0.1, 0.15) is 5.82 Å². The highest BCUT2D eigenvalue weighted by Gasteiger charge is 2.31. The average molecular weight is 288 g/mol. The van der Waals surface area contributed by atoms with Gasteiger partial charge in [0.15, 0.2) is 0 Å². The minimum Gasteiger partial charge on any atom is -0.370 e. The maximum absolute atomic E-state index is 12.7. The van der Waals surface area contributed by atoms with Crippen LogP contribution in [-0.4, -0.2) is 59.5 Å². The van der Waals surface area contributed by atoms with Crippen LogP contribution in [0.1, 0.15) is 36.5 Å². The molecule has 1 atom stereocenters. The number of fused-ring (bicyclic) bond motifs is 1. The molecule has 2 fully saturated rings. The Hall–Kier alpha value is -1.62. The molecule has 5 heteroatoms. The largest absolute Gasteiger partial charge is 0.370 e. The van der Waals surface area contributed by atoms with E-state index in [4.69, 9.17) is 0 Å². The molecule has 1 aromatic heterocycles. The summed E-state index contributed by atoms with van der Waals surface area (Å²) >= 11 is 0. The van der Waals surface area contributed by atoms with Gasteiger partial charge in [-0.2, -0.15) is 0 Å². The first-order chi connectivity index (χ1) is 10.3. The van der Waals surface area contributed by atoms with Crippen LogP contribution in [0, 0.1) is 0 Å². The lowest BCUT2D eigenvalue weighted by atomic mass is 9.99. The Kier molecular flexibility index (Phi) is 4.39. The van der Waals surface area contributed by atoms with E-state index in [1.807, 2.05) is 24.0 Å². The van der Waals surface area contributed by atoms with Gasteiger partial charge in [0.2, 0.25) is 0 Å². The summed E-state index contributed by atoms with van der Waals surface area (Å²) in [5.74, 6) is 0.918. The van der Waals surface area contributed by atoms with Gasteiger partial charge in [-0.15, -0.1) is 0 Å². The molecule has 1 unspecified atom stereocenters. The maximum atomic E-state index is 12.7. The molecule has 2 aliphatic heterocycles. The minimum atomic E-state index is 0.141. The number of pyridine rings is 1. The van der Waals surface area contributed by atoms with Crippen LogP contribution in [0.25, 0.3) is 0 Å². The molecule has 1 N–H and O–H groups in total. The third-order valence-corrected chi connectivity index (χ3v) is 4.49. The van der Waals surface area contributed by atoms with E-state index in [2.05, 4.69) is 15.2 Å². The fourth-order valence-electron chi connectivity index (χ4n) is 3.36. The minimum absolute atomic E-state index is 0.141. The first-order valence-corrected chi connectivity index (χ1v) is 8.01. The highest BCUT2D eigenvalue weighted by Crippen LogP contribution is 2.22. The van der Waals surface area contributed by atoms with Gasteiger partial charge >= 0.3 is 0 Å². The number of anilines is 1. The van der Waals surface area contributed by atoms with Crippen molar-refractivity contribution >= 4 is 11.7 Å². The first-order valence-electron chi connectivity index (χ1n) is 8.01. The summed E-state index contributed by atoms with van der Waals surface area (Å²) in [6, 6.07) is 4.24. The Balaban J connectivity index is 1.68. The molecule has 0 saturated carbocycles. The fourth-order valence-corrected chi connectivity index (χ4v) is 3.36. The van der Waals surface area contributed by atoms with Crippen LogP contribution in [0.5, 0.6) is 0 Å². The van der Waals surface area contributed by atoms with Gasteiger partial charge in [-0.3, -0.25) is 9.69 Å². The zero-order chi connectivity index (χ0) is 14.7. The van der Waals surface area contributed by atoms with E-state index in [9.17, 15) is 4.79 Å². The monoisotopic (exact) mass is 288 g/mol. The molecule has 21 heavy (non-hydrogen) atoms. The van der Waals surface area contributed by atoms with Crippen molar-refractivity contribution in [1.29, 1.82) is 0 Å². The molecule has 0 aromatic carbocycles. The number of carbonyl (C=O) groups is 1. The molecular weight excluding hydrogens is 264 g/mol. The number of nitrogens with zero attached hydrogens (tertiary/aromatic N) is 3. The van der Waals surface area contributed by atoms with Gasteiger partial charge in [0.25, 0.3) is 5.91 Å². The molecule has 3 rings (SSSR count). The smallest absolute Gasteiger partial charge is 0.254 e. The predicted molar refractivity (Wildman–Crippen MR) is 83.5 cm³/mol. The summed E-state index contributed by atoms with van der Waals surface area (Å²) in [6.07, 6.45) is 5.54. The summed E-state index contributed by atoms with van der Waals surface area (Å²) in [5, 5.41) is 3.16. The Morgan fingerprint density at radius 1 is 1.38 bits per heavy atom. The molecule has 114 valence electrons. The second-order valence-electron chi connectivity index (χ2n) is 5.90. The number of piperidine rings is 1. The van der Waals surface area contributed by atoms with E-state index in [0.29, 0.717) is 6.04 Å². The van der Waals surface area contributed by atoms with E-state index in [1.165, 1.54) is 25.8 Å². The molecule has 3 heterocycles. The number of aromatic nitrogens is 1. The third-order valence-electron chi connectivity index (χ3n) is 4.49. The molecule has 5 nitrogen and oxygen atoms in total. The molecule has 0 aliphatic carbocycles. The zero-order valence-corrected chi connectivity index (χ0v) is 12.7. The van der Waals surface area contributed by atoms with Crippen molar-refractivity contribution in [3.8, 4) is 0 Å². The van der Waals surface area contributed by atoms with Gasteiger partial charge in [0, 0.05) is 44.0 Å². The molecule has 1 amide bonds. The van der Waals surface area contributed by atoms with Gasteiger partial charge < -0.3 is 10.2 Å². The number of rotatable bonds is 3. The number of hydrogen-bond donors (Lipinski definition) is 1. The summed E-state index contributed by atoms with van der Waals surface area (Å²) in [4.78, 5) is 21.5. The Morgan fingerprint density at radius 3 is 3.14 bits per heavy atom. The number of carbonyl (C=O) groups excluding carboxylic acids is 1. The van der Waals surface area contributed by atoms with Crippen molar-refractivity contribution in [1.82, 2.24) is 14.8 Å². The predicted octanol–water partition coefficient (Wildman–Crippen LogP) is 1.82. The van der Waals surface area contributed by atoms with Crippen molar-refractivity contribution < 1.29 is 4.79 Å². The van der Waals surface area contributed by atoms with E-state index >= 15 is 0 Å². The molecule has 0 bridgehead atoms. The van der Waals surface area contributed by atoms with E-state index in [1.54, 1.807) is 6.20 Å². The van der Waals surface area contributed by atoms with Gasteiger partial charge in [0.05, 0.1) is 0 Å². The van der Waals surface area contributed by atoms with Crippen LogP contribution < -0.4 is 5.32 Å². The van der Waals surface area contributed by atoms with Crippen molar-refractivity contribution in [2.24, 2.45) is 0 Å². The average Bonchev–Trinajstić information content (AvgIpc) is 2.54. The van der Waals surface area contributed by atoms with Crippen molar-refractivity contribution in [3.63, 3.8) is 0 Å². The van der Waals surface area contributed by atoms with E-state index in [-0.39, 0.29) is 5.91 Å². The van der Waals surface area contributed by atoms with E-state index < -0.39 is 0 Å². The second kappa shape index (κ2) is 6.43. The van der Waals surface area contributed by atoms with Gasteiger partial charge in [-0.05, 0) is 38.4 Å². The van der Waals surface area contributed by atoms with E-state index in [0.717, 1.165) is 37.6 Å². The third kappa shape index (κ3) is 3.18. The molecule has 0 radical (unpaired) electrons. The number of nitrogens with one attached hydrogen (secondary N) is 1. The topological polar surface area (TPSA) is 48.5 Å². The standard InChI is InChI=1S/C16H24N4O/c1-2-17-15-11-13(6-7-18-15)16(21)20-10-9-19-8-4-3-5-14(19)12-20/h6-7,11,14H,2-5,8-10,12H2,1H3,(H,17,18). The highest BCUT2D eigenvalue weighted by atomic mass is 16.2. The van der Waals surface area contributed by atoms with Crippen LogP contribution in [-0.2, 0) is 0 Å². The Labute approximate surface area is 126 Å². The zero-order valence-electron chi connectivity index (χ0n) is 12.7. The lowest BCUT2D eigenvalue weighted by Gasteiger charge is -2.44. The Morgan fingerprint density at radius 2 is 2.29 bits per heavy atom. The van der Waals surface area contributed by atoms with Crippen LogP contribution in [0.3, 0.4) is 0 Å². The summed E-state index contributed by atoms with van der Waals surface area (Å²) < 4.78 is 0. The van der Waals surface area contributed by atoms with Crippen molar-refractivity contribution in [2.45, 2.75) is 32.2 Å². The molecule has 2 aliphatic rings. The fraction of sp³-hybridized carbons (Fsp3) is 0.625. The molecule has 0 spiro atoms. The highest BCUT2D eigenvalue weighted by molar-refractivity contribution is 5.95. The summed E-state index contributed by atoms with van der Waals surface area (Å²) in [5.41, 5.74) is 0.741. The normalized spacial score (nSPS) is 22.7. The molecule has 1 aromatic rings. The number of amides is 1. The summed E-state index contributed by atoms with van der Waals surface area (Å²) in [7, 11) is 0. The lowest BCUT2D eigenvalue weighted by molar-refractivity contribution is 0.0372. The number of hydrogen-bond acceptors (Lipinski definition) is 4. The molecule has 2 saturated heterocycles. The maximum Gasteiger partial charge on any atom is 0.254 e. The number of piperazine rings is 1.